The highest BCUT2D eigenvalue weighted by atomic mass is 16.6. The van der Waals surface area contributed by atoms with Crippen LogP contribution >= 0.6 is 0 Å². The lowest BCUT2D eigenvalue weighted by Gasteiger charge is -2.51. The molecular weight excluding hydrogens is 484 g/mol. The van der Waals surface area contributed by atoms with E-state index in [-0.39, 0.29) is 27.3 Å². The molecule has 5 aliphatic rings. The monoisotopic (exact) mass is 529 g/mol. The second-order valence-corrected chi connectivity index (χ2v) is 14.1. The van der Waals surface area contributed by atoms with Gasteiger partial charge in [0.05, 0.1) is 36.9 Å². The van der Waals surface area contributed by atoms with Crippen molar-refractivity contribution < 1.29 is 19.3 Å². The second kappa shape index (κ2) is 9.24. The molecule has 3 fully saturated rings. The highest BCUT2D eigenvalue weighted by Gasteiger charge is 2.61. The number of pyridine rings is 1. The van der Waals surface area contributed by atoms with E-state index in [9.17, 15) is 5.21 Å². The summed E-state index contributed by atoms with van der Waals surface area (Å²) in [7, 11) is 2.02. The van der Waals surface area contributed by atoms with Gasteiger partial charge in [0.2, 0.25) is 0 Å². The van der Waals surface area contributed by atoms with Crippen molar-refractivity contribution in [1.29, 1.82) is 0 Å². The molecule has 6 atom stereocenters. The van der Waals surface area contributed by atoms with Crippen LogP contribution < -0.4 is 0 Å². The topological polar surface area (TPSA) is 51.6 Å². The van der Waals surface area contributed by atoms with Crippen molar-refractivity contribution in [2.45, 2.75) is 94.8 Å². The summed E-state index contributed by atoms with van der Waals surface area (Å²) < 4.78 is 13.0. The molecule has 6 unspecified atom stereocenters. The highest BCUT2D eigenvalue weighted by molar-refractivity contribution is 5.82. The number of benzene rings is 1. The first kappa shape index (κ1) is 25.9. The van der Waals surface area contributed by atoms with Crippen LogP contribution in [0.25, 0.3) is 10.8 Å². The molecule has 2 aromatic rings. The van der Waals surface area contributed by atoms with E-state index in [1.165, 1.54) is 46.7 Å². The molecule has 5 nitrogen and oxygen atoms in total. The Hall–Kier alpha value is -2.05. The van der Waals surface area contributed by atoms with E-state index in [2.05, 4.69) is 55.2 Å². The molecule has 0 amide bonds. The number of hydroxylamine groups is 3. The van der Waals surface area contributed by atoms with Gasteiger partial charge in [0.15, 0.2) is 0 Å². The molecule has 39 heavy (non-hydrogen) atoms. The molecule has 2 bridgehead atoms. The number of aromatic nitrogens is 1. The third-order valence-electron chi connectivity index (χ3n) is 11.1. The zero-order chi connectivity index (χ0) is 26.9. The Morgan fingerprint density at radius 1 is 1.08 bits per heavy atom. The smallest absolute Gasteiger partial charge is 0.122 e. The Balaban J connectivity index is 1.13. The fourth-order valence-electron chi connectivity index (χ4n) is 8.83. The van der Waals surface area contributed by atoms with E-state index in [1.807, 2.05) is 19.4 Å². The van der Waals surface area contributed by atoms with Crippen LogP contribution in [0.5, 0.6) is 0 Å². The number of rotatable bonds is 4. The van der Waals surface area contributed by atoms with Gasteiger partial charge >= 0.3 is 0 Å². The quantitative estimate of drug-likeness (QED) is 0.339. The number of hydrogen-bond acceptors (Lipinski definition) is 4. The minimum absolute atomic E-state index is 0.0852. The lowest BCUT2D eigenvalue weighted by atomic mass is 9.73. The molecule has 7 rings (SSSR count). The molecular formula is C34H45N2O3+. The number of ether oxygens (including phenoxy) is 2. The third-order valence-corrected chi connectivity index (χ3v) is 11.1. The van der Waals surface area contributed by atoms with Gasteiger partial charge in [-0.2, -0.15) is 4.65 Å². The third kappa shape index (κ3) is 4.32. The summed E-state index contributed by atoms with van der Waals surface area (Å²) in [5, 5.41) is 14.2. The molecule has 2 spiro atoms. The Kier molecular flexibility index (Phi) is 6.13. The van der Waals surface area contributed by atoms with Crippen molar-refractivity contribution in [3.05, 3.63) is 65.5 Å². The summed E-state index contributed by atoms with van der Waals surface area (Å²) in [6.45, 7) is 6.95. The van der Waals surface area contributed by atoms with Gasteiger partial charge in [-0.05, 0) is 97.9 Å². The van der Waals surface area contributed by atoms with Gasteiger partial charge in [-0.15, -0.1) is 0 Å². The van der Waals surface area contributed by atoms with Crippen LogP contribution in [-0.4, -0.2) is 58.9 Å². The molecule has 3 aliphatic heterocycles. The summed E-state index contributed by atoms with van der Waals surface area (Å²) >= 11 is 0. The SMILES string of the molecule is CC1CCC(c2ccc3ccncc3c2)CCC=C2C=C3CCC([N+](C)(O)CC4(C)COC4)CC34CCC21O4. The first-order chi connectivity index (χ1) is 18.7. The number of allylic oxidation sites excluding steroid dienone is 1. The summed E-state index contributed by atoms with van der Waals surface area (Å²) in [6, 6.07) is 9.28. The normalized spacial score (nSPS) is 37.2. The molecule has 1 N–H and O–H groups in total. The van der Waals surface area contributed by atoms with Gasteiger partial charge < -0.3 is 9.47 Å². The van der Waals surface area contributed by atoms with E-state index in [0.29, 0.717) is 11.8 Å². The molecule has 2 saturated heterocycles. The van der Waals surface area contributed by atoms with Crippen molar-refractivity contribution in [3.63, 3.8) is 0 Å². The standard InChI is InChI=1S/C34H45N2O3/c1-24-7-8-25(27-10-9-26-13-16-35-20-28(26)17-27)5-4-6-30-18-29-11-12-31(19-33(29)14-15-34(24,30)39-33)36(3,37)21-32(2)22-38-23-32/h6,9-10,13,16-18,20,24-25,31,37H,4-5,7-8,11-12,14-15,19,21-23H2,1-3H3/q+1. The fraction of sp³-hybridized carbons (Fsp3) is 0.618. The van der Waals surface area contributed by atoms with Crippen LogP contribution in [0.1, 0.15) is 83.1 Å². The first-order valence-corrected chi connectivity index (χ1v) is 15.3. The van der Waals surface area contributed by atoms with Crippen LogP contribution in [-0.2, 0) is 9.47 Å². The van der Waals surface area contributed by atoms with Crippen molar-refractivity contribution in [1.82, 2.24) is 4.98 Å². The molecule has 2 aliphatic carbocycles. The van der Waals surface area contributed by atoms with Gasteiger partial charge in [0.1, 0.15) is 12.6 Å². The van der Waals surface area contributed by atoms with Crippen molar-refractivity contribution in [2.75, 3.05) is 26.8 Å². The number of hydrogen-bond donors (Lipinski definition) is 1. The lowest BCUT2D eigenvalue weighted by Crippen LogP contribution is -2.62. The lowest BCUT2D eigenvalue weighted by molar-refractivity contribution is -1.11. The zero-order valence-corrected chi connectivity index (χ0v) is 24.0. The maximum Gasteiger partial charge on any atom is 0.122 e. The summed E-state index contributed by atoms with van der Waals surface area (Å²) in [4.78, 5) is 4.36. The van der Waals surface area contributed by atoms with E-state index in [0.717, 1.165) is 58.3 Å². The fourth-order valence-corrected chi connectivity index (χ4v) is 8.83. The molecule has 208 valence electrons. The van der Waals surface area contributed by atoms with Crippen molar-refractivity contribution in [3.8, 4) is 0 Å². The van der Waals surface area contributed by atoms with Crippen LogP contribution in [0.2, 0.25) is 0 Å². The predicted molar refractivity (Wildman–Crippen MR) is 153 cm³/mol. The predicted octanol–water partition coefficient (Wildman–Crippen LogP) is 7.11. The van der Waals surface area contributed by atoms with E-state index < -0.39 is 0 Å². The van der Waals surface area contributed by atoms with E-state index in [1.54, 1.807) is 0 Å². The molecule has 0 radical (unpaired) electrons. The Morgan fingerprint density at radius 3 is 2.77 bits per heavy atom. The van der Waals surface area contributed by atoms with Gasteiger partial charge in [-0.25, -0.2) is 5.21 Å². The van der Waals surface area contributed by atoms with Gasteiger partial charge in [-0.1, -0.05) is 31.2 Å². The van der Waals surface area contributed by atoms with Gasteiger partial charge in [0, 0.05) is 30.6 Å². The highest BCUT2D eigenvalue weighted by Crippen LogP contribution is 2.60. The second-order valence-electron chi connectivity index (χ2n) is 14.1. The minimum Gasteiger partial charge on any atom is -0.380 e. The number of fused-ring (bicyclic) bond motifs is 1. The van der Waals surface area contributed by atoms with Crippen molar-refractivity contribution in [2.24, 2.45) is 11.3 Å². The van der Waals surface area contributed by atoms with Crippen LogP contribution in [0.15, 0.2) is 60.0 Å². The maximum absolute atomic E-state index is 11.7. The van der Waals surface area contributed by atoms with E-state index >= 15 is 0 Å². The van der Waals surface area contributed by atoms with E-state index in [4.69, 9.17) is 9.47 Å². The average Bonchev–Trinajstić information content (AvgIpc) is 3.26. The van der Waals surface area contributed by atoms with Gasteiger partial charge in [0.25, 0.3) is 0 Å². The molecule has 1 saturated carbocycles. The Labute approximate surface area is 233 Å². The molecule has 1 aromatic carbocycles. The largest absolute Gasteiger partial charge is 0.380 e. The maximum atomic E-state index is 11.7. The Bertz CT molecular complexity index is 1330. The molecule has 4 heterocycles. The molecule has 5 heteroatoms. The molecule has 1 aromatic heterocycles. The average molecular weight is 530 g/mol. The number of quaternary nitrogens is 1. The van der Waals surface area contributed by atoms with Crippen LogP contribution in [0.4, 0.5) is 0 Å². The van der Waals surface area contributed by atoms with Crippen LogP contribution in [0.3, 0.4) is 0 Å². The summed E-state index contributed by atoms with van der Waals surface area (Å²) in [5.41, 5.74) is 4.09. The van der Waals surface area contributed by atoms with Crippen molar-refractivity contribution >= 4 is 10.8 Å². The zero-order valence-electron chi connectivity index (χ0n) is 24.0. The summed E-state index contributed by atoms with van der Waals surface area (Å²) in [6.07, 6.45) is 18.7. The number of nitrogens with zero attached hydrogens (tertiary/aromatic N) is 2. The summed E-state index contributed by atoms with van der Waals surface area (Å²) in [5.74, 6) is 1.02. The minimum atomic E-state index is -0.202. The van der Waals surface area contributed by atoms with Gasteiger partial charge in [-0.3, -0.25) is 4.98 Å². The first-order valence-electron chi connectivity index (χ1n) is 15.3. The Morgan fingerprint density at radius 2 is 1.95 bits per heavy atom. The van der Waals surface area contributed by atoms with Crippen LogP contribution in [0, 0.1) is 11.3 Å².